The van der Waals surface area contributed by atoms with E-state index in [1.165, 1.54) is 17.8 Å². The van der Waals surface area contributed by atoms with Crippen LogP contribution in [0.1, 0.15) is 43.9 Å². The van der Waals surface area contributed by atoms with Crippen molar-refractivity contribution in [3.05, 3.63) is 11.1 Å². The summed E-state index contributed by atoms with van der Waals surface area (Å²) in [4.78, 5) is 4.99. The quantitative estimate of drug-likeness (QED) is 0.814. The van der Waals surface area contributed by atoms with Crippen LogP contribution in [0.4, 0.5) is 5.13 Å². The maximum absolute atomic E-state index is 10.7. The van der Waals surface area contributed by atoms with E-state index in [9.17, 15) is 5.11 Å². The fraction of sp³-hybridized carbons (Fsp3) is 0.727. The summed E-state index contributed by atoms with van der Waals surface area (Å²) in [5, 5.41) is 11.3. The van der Waals surface area contributed by atoms with Gasteiger partial charge in [-0.25, -0.2) is 4.98 Å². The average molecular weight is 226 g/mol. The van der Waals surface area contributed by atoms with Crippen molar-refractivity contribution in [3.8, 4) is 0 Å². The van der Waals surface area contributed by atoms with Crippen LogP contribution in [-0.4, -0.2) is 10.1 Å². The molecule has 0 saturated heterocycles. The first kappa shape index (κ1) is 10.9. The molecule has 4 heteroatoms. The predicted molar refractivity (Wildman–Crippen MR) is 62.7 cm³/mol. The second-order valence-corrected chi connectivity index (χ2v) is 5.40. The Labute approximate surface area is 94.3 Å². The number of aromatic nitrogens is 1. The highest BCUT2D eigenvalue weighted by molar-refractivity contribution is 7.15. The third-order valence-corrected chi connectivity index (χ3v) is 4.47. The zero-order valence-corrected chi connectivity index (χ0v) is 9.89. The highest BCUT2D eigenvalue weighted by Gasteiger charge is 2.40. The van der Waals surface area contributed by atoms with Gasteiger partial charge in [-0.15, -0.1) is 0 Å². The van der Waals surface area contributed by atoms with Crippen molar-refractivity contribution in [2.24, 2.45) is 5.92 Å². The van der Waals surface area contributed by atoms with Gasteiger partial charge in [0.25, 0.3) is 0 Å². The summed E-state index contributed by atoms with van der Waals surface area (Å²) in [7, 11) is 0. The molecule has 0 aliphatic heterocycles. The van der Waals surface area contributed by atoms with Gasteiger partial charge in [-0.3, -0.25) is 0 Å². The first-order valence-corrected chi connectivity index (χ1v) is 6.42. The Kier molecular flexibility index (Phi) is 2.98. The van der Waals surface area contributed by atoms with Crippen molar-refractivity contribution in [1.82, 2.24) is 4.98 Å². The lowest BCUT2D eigenvalue weighted by atomic mass is 9.73. The summed E-state index contributed by atoms with van der Waals surface area (Å²) in [5.41, 5.74) is 4.96. The number of nitrogens with two attached hydrogens (primary N) is 1. The summed E-state index contributed by atoms with van der Waals surface area (Å²) < 4.78 is 0. The Morgan fingerprint density at radius 3 is 3.07 bits per heavy atom. The molecule has 3 nitrogen and oxygen atoms in total. The van der Waals surface area contributed by atoms with Crippen LogP contribution in [0, 0.1) is 5.92 Å². The molecular weight excluding hydrogens is 208 g/mol. The standard InChI is InChI=1S/C11H18N2OS/c1-2-8-5-3-4-6-11(8,14)9-7-13-10(12)15-9/h7-8,14H,2-6H2,1H3,(H2,12,13). The molecule has 1 aromatic rings. The average Bonchev–Trinajstić information content (AvgIpc) is 2.66. The summed E-state index contributed by atoms with van der Waals surface area (Å²) in [6, 6.07) is 0. The molecule has 1 aliphatic carbocycles. The number of thiazole rings is 1. The second-order valence-electron chi connectivity index (χ2n) is 4.34. The van der Waals surface area contributed by atoms with Gasteiger partial charge in [-0.1, -0.05) is 37.5 Å². The van der Waals surface area contributed by atoms with Crippen LogP contribution < -0.4 is 5.73 Å². The SMILES string of the molecule is CCC1CCCCC1(O)c1cnc(N)s1. The lowest BCUT2D eigenvalue weighted by molar-refractivity contribution is -0.0528. The highest BCUT2D eigenvalue weighted by atomic mass is 32.1. The largest absolute Gasteiger partial charge is 0.384 e. The van der Waals surface area contributed by atoms with Crippen LogP contribution in [0.5, 0.6) is 0 Å². The van der Waals surface area contributed by atoms with E-state index in [0.29, 0.717) is 11.0 Å². The van der Waals surface area contributed by atoms with Crippen LogP contribution in [0.15, 0.2) is 6.20 Å². The van der Waals surface area contributed by atoms with E-state index in [-0.39, 0.29) is 0 Å². The third-order valence-electron chi connectivity index (χ3n) is 3.48. The number of anilines is 1. The molecule has 1 saturated carbocycles. The van der Waals surface area contributed by atoms with Crippen LogP contribution in [0.2, 0.25) is 0 Å². The molecule has 1 fully saturated rings. The predicted octanol–water partition coefficient (Wildman–Crippen LogP) is 2.51. The maximum atomic E-state index is 10.7. The van der Waals surface area contributed by atoms with Crippen LogP contribution >= 0.6 is 11.3 Å². The van der Waals surface area contributed by atoms with E-state index in [1.54, 1.807) is 6.20 Å². The normalized spacial score (nSPS) is 31.7. The van der Waals surface area contributed by atoms with Gasteiger partial charge in [0.15, 0.2) is 5.13 Å². The molecular formula is C11H18N2OS. The van der Waals surface area contributed by atoms with Crippen molar-refractivity contribution in [1.29, 1.82) is 0 Å². The molecule has 84 valence electrons. The lowest BCUT2D eigenvalue weighted by Gasteiger charge is -2.38. The van der Waals surface area contributed by atoms with E-state index >= 15 is 0 Å². The van der Waals surface area contributed by atoms with Gasteiger partial charge < -0.3 is 10.8 Å². The Bertz CT molecular complexity index is 339. The minimum Gasteiger partial charge on any atom is -0.384 e. The van der Waals surface area contributed by atoms with Crippen LogP contribution in [-0.2, 0) is 5.60 Å². The summed E-state index contributed by atoms with van der Waals surface area (Å²) in [6.45, 7) is 2.14. The Hall–Kier alpha value is -0.610. The number of aliphatic hydroxyl groups is 1. The molecule has 0 radical (unpaired) electrons. The smallest absolute Gasteiger partial charge is 0.180 e. The van der Waals surface area contributed by atoms with E-state index in [1.807, 2.05) is 0 Å². The van der Waals surface area contributed by atoms with Gasteiger partial charge in [0.2, 0.25) is 0 Å². The third kappa shape index (κ3) is 1.88. The molecule has 0 aromatic carbocycles. The molecule has 3 N–H and O–H groups in total. The first-order valence-electron chi connectivity index (χ1n) is 5.61. The number of hydrogen-bond donors (Lipinski definition) is 2. The van der Waals surface area contributed by atoms with E-state index in [0.717, 1.165) is 30.6 Å². The summed E-state index contributed by atoms with van der Waals surface area (Å²) in [5.74, 6) is 0.367. The molecule has 15 heavy (non-hydrogen) atoms. The van der Waals surface area contributed by atoms with Gasteiger partial charge >= 0.3 is 0 Å². The molecule has 2 unspecified atom stereocenters. The van der Waals surface area contributed by atoms with Crippen molar-refractivity contribution < 1.29 is 5.11 Å². The number of rotatable bonds is 2. The molecule has 0 amide bonds. The Morgan fingerprint density at radius 2 is 2.47 bits per heavy atom. The van der Waals surface area contributed by atoms with Crippen molar-refractivity contribution in [3.63, 3.8) is 0 Å². The van der Waals surface area contributed by atoms with Gasteiger partial charge in [0.1, 0.15) is 5.60 Å². The van der Waals surface area contributed by atoms with E-state index in [2.05, 4.69) is 11.9 Å². The molecule has 1 heterocycles. The topological polar surface area (TPSA) is 59.1 Å². The molecule has 0 bridgehead atoms. The van der Waals surface area contributed by atoms with Gasteiger partial charge in [0.05, 0.1) is 4.88 Å². The molecule has 1 aliphatic rings. The molecule has 2 atom stereocenters. The summed E-state index contributed by atoms with van der Waals surface area (Å²) >= 11 is 1.43. The minimum absolute atomic E-state index is 0.367. The van der Waals surface area contributed by atoms with Crippen molar-refractivity contribution in [2.45, 2.75) is 44.6 Å². The van der Waals surface area contributed by atoms with E-state index in [4.69, 9.17) is 5.73 Å². The van der Waals surface area contributed by atoms with Gasteiger partial charge in [-0.05, 0) is 18.8 Å². The number of hydrogen-bond acceptors (Lipinski definition) is 4. The second kappa shape index (κ2) is 4.10. The molecule has 0 spiro atoms. The first-order chi connectivity index (χ1) is 7.16. The Balaban J connectivity index is 2.29. The van der Waals surface area contributed by atoms with Crippen LogP contribution in [0.3, 0.4) is 0 Å². The molecule has 1 aromatic heterocycles. The number of nitrogens with zero attached hydrogens (tertiary/aromatic N) is 1. The van der Waals surface area contributed by atoms with Crippen LogP contribution in [0.25, 0.3) is 0 Å². The maximum Gasteiger partial charge on any atom is 0.180 e. The lowest BCUT2D eigenvalue weighted by Crippen LogP contribution is -2.36. The zero-order valence-electron chi connectivity index (χ0n) is 9.07. The monoisotopic (exact) mass is 226 g/mol. The molecule has 2 rings (SSSR count). The zero-order chi connectivity index (χ0) is 10.9. The van der Waals surface area contributed by atoms with Gasteiger partial charge in [0, 0.05) is 6.20 Å². The fourth-order valence-electron chi connectivity index (χ4n) is 2.58. The fourth-order valence-corrected chi connectivity index (χ4v) is 3.46. The highest BCUT2D eigenvalue weighted by Crippen LogP contribution is 2.45. The van der Waals surface area contributed by atoms with Gasteiger partial charge in [-0.2, -0.15) is 0 Å². The van der Waals surface area contributed by atoms with Crippen molar-refractivity contribution in [2.75, 3.05) is 5.73 Å². The summed E-state index contributed by atoms with van der Waals surface area (Å²) in [6.07, 6.45) is 7.07. The van der Waals surface area contributed by atoms with E-state index < -0.39 is 5.60 Å². The Morgan fingerprint density at radius 1 is 1.67 bits per heavy atom. The van der Waals surface area contributed by atoms with Crippen molar-refractivity contribution >= 4 is 16.5 Å². The number of nitrogen functional groups attached to an aromatic ring is 1. The minimum atomic E-state index is -0.664.